The molecule has 2 rings (SSSR count). The summed E-state index contributed by atoms with van der Waals surface area (Å²) in [5, 5.41) is 6.54. The summed E-state index contributed by atoms with van der Waals surface area (Å²) in [5.41, 5.74) is 1.00. The van der Waals surface area contributed by atoms with Crippen LogP contribution < -0.4 is 5.32 Å². The molecule has 1 aliphatic rings. The molecular weight excluding hydrogens is 204 g/mol. The number of nitrogens with zero attached hydrogens (tertiary/aromatic N) is 1. The van der Waals surface area contributed by atoms with Crippen LogP contribution in [0.4, 0.5) is 0 Å². The molecule has 14 heavy (non-hydrogen) atoms. The van der Waals surface area contributed by atoms with Gasteiger partial charge in [-0.25, -0.2) is 0 Å². The average molecular weight is 215 g/mol. The van der Waals surface area contributed by atoms with Crippen LogP contribution in [0.15, 0.2) is 10.6 Å². The van der Waals surface area contributed by atoms with Gasteiger partial charge in [-0.05, 0) is 12.8 Å². The van der Waals surface area contributed by atoms with Crippen molar-refractivity contribution in [3.05, 3.63) is 17.5 Å². The van der Waals surface area contributed by atoms with Gasteiger partial charge in [-0.2, -0.15) is 0 Å². The Balaban J connectivity index is 1.86. The second-order valence-electron chi connectivity index (χ2n) is 3.40. The molecule has 0 saturated heterocycles. The van der Waals surface area contributed by atoms with Crippen LogP contribution in [0.2, 0.25) is 0 Å². The summed E-state index contributed by atoms with van der Waals surface area (Å²) in [7, 11) is 0. The first kappa shape index (κ1) is 9.52. The molecule has 0 bridgehead atoms. The van der Waals surface area contributed by atoms with Gasteiger partial charge in [0.05, 0.1) is 12.2 Å². The van der Waals surface area contributed by atoms with E-state index in [-0.39, 0.29) is 11.8 Å². The fourth-order valence-electron chi connectivity index (χ4n) is 1.22. The van der Waals surface area contributed by atoms with Crippen LogP contribution in [0.3, 0.4) is 0 Å². The highest BCUT2D eigenvalue weighted by Crippen LogP contribution is 2.39. The third kappa shape index (κ3) is 2.26. The van der Waals surface area contributed by atoms with E-state index in [0.29, 0.717) is 18.2 Å². The molecule has 0 atom stereocenters. The maximum absolute atomic E-state index is 10.8. The number of amides is 1. The molecule has 4 nitrogen and oxygen atoms in total. The molecule has 0 aromatic carbocycles. The zero-order valence-corrected chi connectivity index (χ0v) is 8.38. The van der Waals surface area contributed by atoms with E-state index < -0.39 is 0 Å². The number of aromatic nitrogens is 1. The summed E-state index contributed by atoms with van der Waals surface area (Å²) in [5.74, 6) is 1.04. The molecule has 1 heterocycles. The van der Waals surface area contributed by atoms with Crippen molar-refractivity contribution < 1.29 is 9.32 Å². The molecular formula is C9H11ClN2O2. The van der Waals surface area contributed by atoms with Gasteiger partial charge in [-0.1, -0.05) is 5.16 Å². The van der Waals surface area contributed by atoms with Gasteiger partial charge in [0.25, 0.3) is 0 Å². The number of carbonyl (C=O) groups is 1. The van der Waals surface area contributed by atoms with E-state index in [1.54, 1.807) is 0 Å². The molecule has 0 spiro atoms. The molecule has 1 aromatic rings. The van der Waals surface area contributed by atoms with Gasteiger partial charge in [0.1, 0.15) is 5.88 Å². The lowest BCUT2D eigenvalue weighted by Crippen LogP contribution is -2.23. The molecule has 5 heteroatoms. The van der Waals surface area contributed by atoms with Crippen molar-refractivity contribution in [1.82, 2.24) is 10.5 Å². The minimum Gasteiger partial charge on any atom is -0.359 e. The lowest BCUT2D eigenvalue weighted by Gasteiger charge is -1.96. The summed E-state index contributed by atoms with van der Waals surface area (Å²) in [4.78, 5) is 10.8. The van der Waals surface area contributed by atoms with Gasteiger partial charge in [0.15, 0.2) is 5.76 Å². The summed E-state index contributed by atoms with van der Waals surface area (Å²) < 4.78 is 5.05. The smallest absolute Gasteiger partial charge is 0.235 e. The van der Waals surface area contributed by atoms with E-state index in [2.05, 4.69) is 10.5 Å². The molecule has 0 aliphatic heterocycles. The molecule has 76 valence electrons. The maximum atomic E-state index is 10.8. The first-order valence-electron chi connectivity index (χ1n) is 4.57. The van der Waals surface area contributed by atoms with Crippen LogP contribution in [0.25, 0.3) is 0 Å². The van der Waals surface area contributed by atoms with Crippen molar-refractivity contribution in [2.75, 3.05) is 5.88 Å². The Morgan fingerprint density at radius 3 is 3.14 bits per heavy atom. The van der Waals surface area contributed by atoms with Crippen LogP contribution in [0.1, 0.15) is 30.2 Å². The van der Waals surface area contributed by atoms with Gasteiger partial charge >= 0.3 is 0 Å². The zero-order valence-electron chi connectivity index (χ0n) is 7.62. The van der Waals surface area contributed by atoms with Crippen LogP contribution in [0.5, 0.6) is 0 Å². The predicted molar refractivity (Wildman–Crippen MR) is 51.0 cm³/mol. The van der Waals surface area contributed by atoms with E-state index in [9.17, 15) is 4.79 Å². The van der Waals surface area contributed by atoms with Gasteiger partial charge in [0, 0.05) is 12.0 Å². The van der Waals surface area contributed by atoms with Crippen molar-refractivity contribution in [1.29, 1.82) is 0 Å². The standard InChI is InChI=1S/C9H11ClN2O2/c10-4-9(13)11-5-7-3-8(12-14-7)6-1-2-6/h3,6H,1-2,4-5H2,(H,11,13). The Hall–Kier alpha value is -1.03. The second kappa shape index (κ2) is 4.00. The first-order chi connectivity index (χ1) is 6.79. The number of rotatable bonds is 4. The highest BCUT2D eigenvalue weighted by molar-refractivity contribution is 6.27. The van der Waals surface area contributed by atoms with Crippen molar-refractivity contribution in [2.24, 2.45) is 0 Å². The largest absolute Gasteiger partial charge is 0.359 e. The van der Waals surface area contributed by atoms with Crippen molar-refractivity contribution in [3.8, 4) is 0 Å². The fourth-order valence-corrected chi connectivity index (χ4v) is 1.31. The van der Waals surface area contributed by atoms with E-state index in [4.69, 9.17) is 16.1 Å². The quantitative estimate of drug-likeness (QED) is 0.771. The van der Waals surface area contributed by atoms with Gasteiger partial charge in [-0.3, -0.25) is 4.79 Å². The van der Waals surface area contributed by atoms with Crippen molar-refractivity contribution in [2.45, 2.75) is 25.3 Å². The topological polar surface area (TPSA) is 55.1 Å². The van der Waals surface area contributed by atoms with E-state index in [0.717, 1.165) is 5.69 Å². The molecule has 1 aromatic heterocycles. The third-order valence-corrected chi connectivity index (χ3v) is 2.40. The molecule has 1 aliphatic carbocycles. The first-order valence-corrected chi connectivity index (χ1v) is 5.11. The SMILES string of the molecule is O=C(CCl)NCc1cc(C2CC2)no1. The van der Waals surface area contributed by atoms with Gasteiger partial charge < -0.3 is 9.84 Å². The monoisotopic (exact) mass is 214 g/mol. The van der Waals surface area contributed by atoms with E-state index >= 15 is 0 Å². The van der Waals surface area contributed by atoms with Crippen molar-refractivity contribution >= 4 is 17.5 Å². The third-order valence-electron chi connectivity index (χ3n) is 2.15. The van der Waals surface area contributed by atoms with Crippen LogP contribution in [-0.4, -0.2) is 16.9 Å². The molecule has 1 amide bonds. The minimum atomic E-state index is -0.198. The summed E-state index contributed by atoms with van der Waals surface area (Å²) >= 11 is 5.33. The normalized spacial score (nSPS) is 15.5. The van der Waals surface area contributed by atoms with Gasteiger partial charge in [0.2, 0.25) is 5.91 Å². The fraction of sp³-hybridized carbons (Fsp3) is 0.556. The Bertz CT molecular complexity index is 333. The molecule has 1 N–H and O–H groups in total. The minimum absolute atomic E-state index is 0.0242. The average Bonchev–Trinajstić information content (AvgIpc) is 2.95. The zero-order chi connectivity index (χ0) is 9.97. The summed E-state index contributed by atoms with van der Waals surface area (Å²) in [6, 6.07) is 1.90. The van der Waals surface area contributed by atoms with E-state index in [1.807, 2.05) is 6.07 Å². The number of nitrogens with one attached hydrogen (secondary N) is 1. The Morgan fingerprint density at radius 2 is 2.50 bits per heavy atom. The predicted octanol–water partition coefficient (Wildman–Crippen LogP) is 1.41. The van der Waals surface area contributed by atoms with E-state index in [1.165, 1.54) is 12.8 Å². The highest BCUT2D eigenvalue weighted by atomic mass is 35.5. The Kier molecular flexibility index (Phi) is 2.72. The van der Waals surface area contributed by atoms with Crippen molar-refractivity contribution in [3.63, 3.8) is 0 Å². The number of halogens is 1. The summed E-state index contributed by atoms with van der Waals surface area (Å²) in [6.45, 7) is 0.366. The molecule has 0 radical (unpaired) electrons. The van der Waals surface area contributed by atoms with Crippen LogP contribution >= 0.6 is 11.6 Å². The number of alkyl halides is 1. The molecule has 1 saturated carbocycles. The van der Waals surface area contributed by atoms with Crippen LogP contribution in [0, 0.1) is 0 Å². The Labute approximate surface area is 86.6 Å². The highest BCUT2D eigenvalue weighted by Gasteiger charge is 2.26. The number of hydrogen-bond donors (Lipinski definition) is 1. The second-order valence-corrected chi connectivity index (χ2v) is 3.67. The number of carbonyl (C=O) groups excluding carboxylic acids is 1. The summed E-state index contributed by atoms with van der Waals surface area (Å²) in [6.07, 6.45) is 2.39. The maximum Gasteiger partial charge on any atom is 0.235 e. The lowest BCUT2D eigenvalue weighted by molar-refractivity contribution is -0.118. The van der Waals surface area contributed by atoms with Crippen LogP contribution in [-0.2, 0) is 11.3 Å². The number of hydrogen-bond acceptors (Lipinski definition) is 3. The lowest BCUT2D eigenvalue weighted by atomic mass is 10.3. The Morgan fingerprint density at radius 1 is 1.71 bits per heavy atom. The van der Waals surface area contributed by atoms with Gasteiger partial charge in [-0.15, -0.1) is 11.6 Å². The molecule has 1 fully saturated rings. The molecule has 0 unspecified atom stereocenters.